The number of pyridine rings is 1. The molecule has 0 radical (unpaired) electrons. The highest BCUT2D eigenvalue weighted by atomic mass is 16.5. The van der Waals surface area contributed by atoms with Crippen LogP contribution in [0.4, 0.5) is 0 Å². The molecule has 31 heavy (non-hydrogen) atoms. The first kappa shape index (κ1) is 19.8. The standard InChI is InChI=1S/C24H26N4O3/c1-17-23(30-16-26-17)24(29)27-13-9-19(10-14-27)28-15-21(31-20-5-3-2-4-6-20)22(28)18-7-11-25-12-8-18/h2-8,11-12,16,19,21-22H,9-10,13-15H2,1H3/t21-,22-/m0/s1. The first-order valence-corrected chi connectivity index (χ1v) is 10.8. The molecule has 2 saturated heterocycles. The number of aryl methyl sites for hydroxylation is 1. The van der Waals surface area contributed by atoms with Crippen molar-refractivity contribution in [3.63, 3.8) is 0 Å². The first-order chi connectivity index (χ1) is 15.2. The molecule has 0 saturated carbocycles. The Hall–Kier alpha value is -3.19. The molecular weight excluding hydrogens is 392 g/mol. The highest BCUT2D eigenvalue weighted by Gasteiger charge is 2.46. The summed E-state index contributed by atoms with van der Waals surface area (Å²) in [5.74, 6) is 1.19. The van der Waals surface area contributed by atoms with E-state index < -0.39 is 0 Å². The van der Waals surface area contributed by atoms with Crippen LogP contribution < -0.4 is 4.74 Å². The molecule has 2 aliphatic heterocycles. The van der Waals surface area contributed by atoms with Crippen LogP contribution in [0.25, 0.3) is 0 Å². The minimum atomic E-state index is -0.0620. The molecule has 4 heterocycles. The number of ether oxygens (including phenoxy) is 1. The van der Waals surface area contributed by atoms with E-state index in [1.165, 1.54) is 12.0 Å². The van der Waals surface area contributed by atoms with Crippen LogP contribution in [-0.4, -0.2) is 57.5 Å². The van der Waals surface area contributed by atoms with Gasteiger partial charge in [0, 0.05) is 38.1 Å². The molecule has 0 aliphatic carbocycles. The summed E-state index contributed by atoms with van der Waals surface area (Å²) in [7, 11) is 0. The minimum Gasteiger partial charge on any atom is -0.487 e. The number of aromatic nitrogens is 2. The fraction of sp³-hybridized carbons (Fsp3) is 0.375. The number of amides is 1. The molecule has 0 bridgehead atoms. The molecule has 0 unspecified atom stereocenters. The molecule has 2 fully saturated rings. The third-order valence-electron chi connectivity index (χ3n) is 6.34. The van der Waals surface area contributed by atoms with Crippen molar-refractivity contribution in [3.8, 4) is 5.75 Å². The van der Waals surface area contributed by atoms with Crippen LogP contribution in [-0.2, 0) is 0 Å². The number of piperidine rings is 1. The Morgan fingerprint density at radius 3 is 2.52 bits per heavy atom. The molecule has 2 aliphatic rings. The van der Waals surface area contributed by atoms with Gasteiger partial charge in [0.15, 0.2) is 6.39 Å². The van der Waals surface area contributed by atoms with Crippen LogP contribution in [0.1, 0.15) is 40.7 Å². The van der Waals surface area contributed by atoms with Gasteiger partial charge in [0.2, 0.25) is 5.76 Å². The Kier molecular flexibility index (Phi) is 5.42. The van der Waals surface area contributed by atoms with Gasteiger partial charge in [-0.25, -0.2) is 4.98 Å². The van der Waals surface area contributed by atoms with Crippen molar-refractivity contribution >= 4 is 5.91 Å². The summed E-state index contributed by atoms with van der Waals surface area (Å²) >= 11 is 0. The zero-order chi connectivity index (χ0) is 21.2. The number of carbonyl (C=O) groups is 1. The molecule has 3 aromatic rings. The van der Waals surface area contributed by atoms with Gasteiger partial charge >= 0.3 is 0 Å². The Balaban J connectivity index is 1.26. The number of nitrogens with zero attached hydrogens (tertiary/aromatic N) is 4. The topological polar surface area (TPSA) is 71.7 Å². The van der Waals surface area contributed by atoms with Crippen molar-refractivity contribution in [3.05, 3.63) is 78.3 Å². The lowest BCUT2D eigenvalue weighted by Gasteiger charge is -2.53. The molecule has 1 amide bonds. The first-order valence-electron chi connectivity index (χ1n) is 10.8. The number of rotatable bonds is 5. The summed E-state index contributed by atoms with van der Waals surface area (Å²) in [5.41, 5.74) is 1.87. The van der Waals surface area contributed by atoms with Crippen LogP contribution in [0.5, 0.6) is 5.75 Å². The molecular formula is C24H26N4O3. The molecule has 0 N–H and O–H groups in total. The maximum atomic E-state index is 12.7. The SMILES string of the molecule is Cc1ncoc1C(=O)N1CCC(N2C[C@H](Oc3ccccc3)[C@@H]2c2ccncc2)CC1. The Morgan fingerprint density at radius 2 is 1.84 bits per heavy atom. The van der Waals surface area contributed by atoms with Gasteiger partial charge < -0.3 is 14.1 Å². The second-order valence-corrected chi connectivity index (χ2v) is 8.18. The average Bonchev–Trinajstić information content (AvgIpc) is 3.23. The summed E-state index contributed by atoms with van der Waals surface area (Å²) in [6.07, 6.45) is 6.97. The molecule has 1 aromatic carbocycles. The number of hydrogen-bond donors (Lipinski definition) is 0. The number of carbonyl (C=O) groups excluding carboxylic acids is 1. The van der Waals surface area contributed by atoms with Gasteiger partial charge in [0.1, 0.15) is 11.9 Å². The Labute approximate surface area is 181 Å². The van der Waals surface area contributed by atoms with Gasteiger partial charge in [-0.05, 0) is 49.6 Å². The molecule has 160 valence electrons. The molecule has 0 spiro atoms. The maximum Gasteiger partial charge on any atom is 0.291 e. The predicted molar refractivity (Wildman–Crippen MR) is 115 cm³/mol. The van der Waals surface area contributed by atoms with Crippen LogP contribution >= 0.6 is 0 Å². The second kappa shape index (κ2) is 8.51. The number of likely N-dealkylation sites (tertiary alicyclic amines) is 2. The Morgan fingerprint density at radius 1 is 1.10 bits per heavy atom. The zero-order valence-electron chi connectivity index (χ0n) is 17.6. The average molecular weight is 418 g/mol. The smallest absolute Gasteiger partial charge is 0.291 e. The van der Waals surface area contributed by atoms with E-state index in [2.05, 4.69) is 27.0 Å². The van der Waals surface area contributed by atoms with Crippen molar-refractivity contribution in [2.75, 3.05) is 19.6 Å². The summed E-state index contributed by atoms with van der Waals surface area (Å²) < 4.78 is 11.6. The van der Waals surface area contributed by atoms with Gasteiger partial charge in [0.25, 0.3) is 5.91 Å². The number of benzene rings is 1. The van der Waals surface area contributed by atoms with Crippen molar-refractivity contribution in [2.24, 2.45) is 0 Å². The van der Waals surface area contributed by atoms with E-state index in [1.54, 1.807) is 6.92 Å². The van der Waals surface area contributed by atoms with Gasteiger partial charge in [-0.1, -0.05) is 18.2 Å². The summed E-state index contributed by atoms with van der Waals surface area (Å²) in [6.45, 7) is 4.11. The third-order valence-corrected chi connectivity index (χ3v) is 6.34. The van der Waals surface area contributed by atoms with E-state index in [-0.39, 0.29) is 18.1 Å². The van der Waals surface area contributed by atoms with E-state index in [4.69, 9.17) is 9.15 Å². The quantitative estimate of drug-likeness (QED) is 0.632. The van der Waals surface area contributed by atoms with Gasteiger partial charge in [0.05, 0.1) is 11.7 Å². The molecule has 2 aromatic heterocycles. The largest absolute Gasteiger partial charge is 0.487 e. The van der Waals surface area contributed by atoms with Gasteiger partial charge in [-0.15, -0.1) is 0 Å². The fourth-order valence-corrected chi connectivity index (χ4v) is 4.67. The maximum absolute atomic E-state index is 12.7. The number of oxazole rings is 1. The number of hydrogen-bond acceptors (Lipinski definition) is 6. The predicted octanol–water partition coefficient (Wildman–Crippen LogP) is 3.49. The van der Waals surface area contributed by atoms with Crippen molar-refractivity contribution < 1.29 is 13.9 Å². The normalized spacial score (nSPS) is 22.2. The van der Waals surface area contributed by atoms with Crippen LogP contribution in [0.15, 0.2) is 65.7 Å². The highest BCUT2D eigenvalue weighted by Crippen LogP contribution is 2.40. The summed E-state index contributed by atoms with van der Waals surface area (Å²) in [5, 5.41) is 0. The van der Waals surface area contributed by atoms with Gasteiger partial charge in [-0.3, -0.25) is 14.7 Å². The molecule has 7 heteroatoms. The highest BCUT2D eigenvalue weighted by molar-refractivity contribution is 5.92. The summed E-state index contributed by atoms with van der Waals surface area (Å²) in [4.78, 5) is 25.3. The molecule has 5 rings (SSSR count). The fourth-order valence-electron chi connectivity index (χ4n) is 4.67. The lowest BCUT2D eigenvalue weighted by molar-refractivity contribution is -0.0843. The lowest BCUT2D eigenvalue weighted by Crippen LogP contribution is -2.61. The van der Waals surface area contributed by atoms with E-state index in [1.807, 2.05) is 47.6 Å². The van der Waals surface area contributed by atoms with Crippen molar-refractivity contribution in [2.45, 2.75) is 38.0 Å². The van der Waals surface area contributed by atoms with E-state index in [0.29, 0.717) is 30.6 Å². The lowest BCUT2D eigenvalue weighted by atomic mass is 9.87. The minimum absolute atomic E-state index is 0.0620. The van der Waals surface area contributed by atoms with E-state index in [9.17, 15) is 4.79 Å². The molecule has 2 atom stereocenters. The third kappa shape index (κ3) is 3.93. The number of para-hydroxylation sites is 1. The zero-order valence-corrected chi connectivity index (χ0v) is 17.6. The van der Waals surface area contributed by atoms with Crippen molar-refractivity contribution in [1.82, 2.24) is 19.8 Å². The monoisotopic (exact) mass is 418 g/mol. The van der Waals surface area contributed by atoms with Crippen LogP contribution in [0, 0.1) is 6.92 Å². The summed E-state index contributed by atoms with van der Waals surface area (Å²) in [6, 6.07) is 14.7. The molecule has 7 nitrogen and oxygen atoms in total. The van der Waals surface area contributed by atoms with E-state index >= 15 is 0 Å². The van der Waals surface area contributed by atoms with E-state index in [0.717, 1.165) is 25.1 Å². The Bertz CT molecular complexity index is 1020. The van der Waals surface area contributed by atoms with Crippen LogP contribution in [0.2, 0.25) is 0 Å². The van der Waals surface area contributed by atoms with Gasteiger partial charge in [-0.2, -0.15) is 0 Å². The van der Waals surface area contributed by atoms with Crippen LogP contribution in [0.3, 0.4) is 0 Å². The van der Waals surface area contributed by atoms with Crippen molar-refractivity contribution in [1.29, 1.82) is 0 Å². The second-order valence-electron chi connectivity index (χ2n) is 8.18.